The van der Waals surface area contributed by atoms with Crippen molar-refractivity contribution in [2.24, 2.45) is 0 Å². The lowest BCUT2D eigenvalue weighted by molar-refractivity contribution is -0.114. The number of carbonyl (C=O) groups excluding carboxylic acids is 1. The Hall–Kier alpha value is -2.78. The first-order valence-corrected chi connectivity index (χ1v) is 12.5. The van der Waals surface area contributed by atoms with Crippen LogP contribution in [0.1, 0.15) is 32.1 Å². The molecule has 0 saturated carbocycles. The molecule has 0 aliphatic carbocycles. The summed E-state index contributed by atoms with van der Waals surface area (Å²) in [5.41, 5.74) is 1.30. The lowest BCUT2D eigenvalue weighted by Gasteiger charge is -2.20. The normalized spacial score (nSPS) is 17.1. The van der Waals surface area contributed by atoms with E-state index < -0.39 is 10.0 Å². The molecular formula is C23H29N3O5S. The third kappa shape index (κ3) is 5.52. The van der Waals surface area contributed by atoms with Crippen molar-refractivity contribution in [2.75, 3.05) is 43.5 Å². The van der Waals surface area contributed by atoms with E-state index in [0.29, 0.717) is 49.2 Å². The molecule has 2 aromatic carbocycles. The Labute approximate surface area is 189 Å². The van der Waals surface area contributed by atoms with Crippen LogP contribution in [0.2, 0.25) is 0 Å². The lowest BCUT2D eigenvalue weighted by atomic mass is 10.2. The van der Waals surface area contributed by atoms with Crippen LogP contribution in [0.5, 0.6) is 11.5 Å². The maximum atomic E-state index is 12.9. The molecule has 0 spiro atoms. The fourth-order valence-corrected chi connectivity index (χ4v) is 5.32. The van der Waals surface area contributed by atoms with Crippen molar-refractivity contribution in [3.05, 3.63) is 42.5 Å². The molecule has 4 rings (SSSR count). The van der Waals surface area contributed by atoms with E-state index >= 15 is 0 Å². The van der Waals surface area contributed by atoms with Gasteiger partial charge in [0.25, 0.3) is 0 Å². The summed E-state index contributed by atoms with van der Waals surface area (Å²) >= 11 is 0. The summed E-state index contributed by atoms with van der Waals surface area (Å²) in [6.07, 6.45) is 4.76. The summed E-state index contributed by atoms with van der Waals surface area (Å²) in [7, 11) is -3.48. The highest BCUT2D eigenvalue weighted by Gasteiger charge is 2.24. The van der Waals surface area contributed by atoms with Crippen LogP contribution in [0.15, 0.2) is 47.4 Å². The van der Waals surface area contributed by atoms with Crippen LogP contribution in [-0.4, -0.2) is 51.5 Å². The summed E-state index contributed by atoms with van der Waals surface area (Å²) in [5.74, 6) is 1.07. The molecule has 0 atom stereocenters. The number of carbonyl (C=O) groups is 1. The maximum absolute atomic E-state index is 12.9. The molecule has 1 fully saturated rings. The Morgan fingerprint density at radius 2 is 1.50 bits per heavy atom. The van der Waals surface area contributed by atoms with E-state index in [4.69, 9.17) is 9.47 Å². The van der Waals surface area contributed by atoms with E-state index in [2.05, 4.69) is 10.6 Å². The zero-order valence-corrected chi connectivity index (χ0v) is 18.8. The number of rotatable bonds is 6. The Morgan fingerprint density at radius 3 is 2.22 bits per heavy atom. The van der Waals surface area contributed by atoms with Gasteiger partial charge in [0.05, 0.1) is 24.7 Å². The highest BCUT2D eigenvalue weighted by Crippen LogP contribution is 2.32. The van der Waals surface area contributed by atoms with Gasteiger partial charge in [-0.1, -0.05) is 12.8 Å². The average molecular weight is 460 g/mol. The molecular weight excluding hydrogens is 430 g/mol. The first-order valence-electron chi connectivity index (χ1n) is 11.1. The van der Waals surface area contributed by atoms with Crippen LogP contribution < -0.4 is 20.1 Å². The zero-order valence-electron chi connectivity index (χ0n) is 18.0. The molecule has 8 nitrogen and oxygen atoms in total. The number of benzene rings is 2. The van der Waals surface area contributed by atoms with Crippen molar-refractivity contribution >= 4 is 27.3 Å². The molecule has 2 aliphatic heterocycles. The van der Waals surface area contributed by atoms with Crippen molar-refractivity contribution in [1.29, 1.82) is 0 Å². The Morgan fingerprint density at radius 1 is 0.844 bits per heavy atom. The number of hydrogen-bond acceptors (Lipinski definition) is 6. The number of hydrogen-bond donors (Lipinski definition) is 2. The van der Waals surface area contributed by atoms with Gasteiger partial charge in [-0.25, -0.2) is 8.42 Å². The number of nitrogens with zero attached hydrogens (tertiary/aromatic N) is 1. The van der Waals surface area contributed by atoms with Gasteiger partial charge in [-0.05, 0) is 49.2 Å². The van der Waals surface area contributed by atoms with Crippen LogP contribution in [-0.2, 0) is 14.8 Å². The molecule has 9 heteroatoms. The van der Waals surface area contributed by atoms with E-state index in [1.165, 1.54) is 0 Å². The minimum atomic E-state index is -3.48. The number of sulfonamides is 1. The number of fused-ring (bicyclic) bond motifs is 1. The van der Waals surface area contributed by atoms with Crippen molar-refractivity contribution in [1.82, 2.24) is 4.31 Å². The highest BCUT2D eigenvalue weighted by molar-refractivity contribution is 7.89. The molecule has 2 heterocycles. The van der Waals surface area contributed by atoms with E-state index in [9.17, 15) is 13.2 Å². The molecule has 172 valence electrons. The second kappa shape index (κ2) is 10.2. The van der Waals surface area contributed by atoms with Crippen molar-refractivity contribution < 1.29 is 22.7 Å². The smallest absolute Gasteiger partial charge is 0.243 e. The predicted octanol–water partition coefficient (Wildman–Crippen LogP) is 3.46. The SMILES string of the molecule is O=C(CNc1ccc(S(=O)(=O)N2CCCCCC2)cc1)Nc1ccc2c(c1)OCCCO2. The number of anilines is 2. The largest absolute Gasteiger partial charge is 0.490 e. The number of amides is 1. The van der Waals surface area contributed by atoms with E-state index in [0.717, 1.165) is 32.1 Å². The van der Waals surface area contributed by atoms with Crippen molar-refractivity contribution in [3.63, 3.8) is 0 Å². The lowest BCUT2D eigenvalue weighted by Crippen LogP contribution is -2.31. The van der Waals surface area contributed by atoms with Gasteiger partial charge in [-0.15, -0.1) is 0 Å². The van der Waals surface area contributed by atoms with Crippen molar-refractivity contribution in [2.45, 2.75) is 37.0 Å². The van der Waals surface area contributed by atoms with Gasteiger partial charge in [0.2, 0.25) is 15.9 Å². The summed E-state index contributed by atoms with van der Waals surface area (Å²) in [6.45, 7) is 2.38. The molecule has 2 aromatic rings. The van der Waals surface area contributed by atoms with Gasteiger partial charge in [-0.3, -0.25) is 4.79 Å². The first kappa shape index (κ1) is 22.4. The zero-order chi connectivity index (χ0) is 22.4. The van der Waals surface area contributed by atoms with Crippen molar-refractivity contribution in [3.8, 4) is 11.5 Å². The van der Waals surface area contributed by atoms with Crippen LogP contribution >= 0.6 is 0 Å². The first-order chi connectivity index (χ1) is 15.5. The van der Waals surface area contributed by atoms with Crippen LogP contribution in [0, 0.1) is 0 Å². The monoisotopic (exact) mass is 459 g/mol. The average Bonchev–Trinajstić information content (AvgIpc) is 3.21. The maximum Gasteiger partial charge on any atom is 0.243 e. The van der Waals surface area contributed by atoms with Gasteiger partial charge in [0, 0.05) is 37.0 Å². The second-order valence-corrected chi connectivity index (χ2v) is 9.89. The minimum absolute atomic E-state index is 0.0483. The Bertz CT molecular complexity index is 1030. The summed E-state index contributed by atoms with van der Waals surface area (Å²) in [4.78, 5) is 12.6. The number of nitrogens with one attached hydrogen (secondary N) is 2. The predicted molar refractivity (Wildman–Crippen MR) is 123 cm³/mol. The van der Waals surface area contributed by atoms with Gasteiger partial charge >= 0.3 is 0 Å². The molecule has 1 saturated heterocycles. The highest BCUT2D eigenvalue weighted by atomic mass is 32.2. The van der Waals surface area contributed by atoms with E-state index in [1.807, 2.05) is 0 Å². The third-order valence-electron chi connectivity index (χ3n) is 5.54. The van der Waals surface area contributed by atoms with Crippen LogP contribution in [0.4, 0.5) is 11.4 Å². The molecule has 32 heavy (non-hydrogen) atoms. The van der Waals surface area contributed by atoms with Gasteiger partial charge in [0.1, 0.15) is 0 Å². The standard InChI is InChI=1S/C23H29N3O5S/c27-23(25-19-8-11-21-22(16-19)31-15-5-14-30-21)17-24-18-6-9-20(10-7-18)32(28,29)26-12-3-1-2-4-13-26/h6-11,16,24H,1-5,12-15,17H2,(H,25,27). The molecule has 0 bridgehead atoms. The third-order valence-corrected chi connectivity index (χ3v) is 7.45. The van der Waals surface area contributed by atoms with Crippen LogP contribution in [0.3, 0.4) is 0 Å². The second-order valence-electron chi connectivity index (χ2n) is 7.96. The number of ether oxygens (including phenoxy) is 2. The topological polar surface area (TPSA) is 97.0 Å². The molecule has 0 unspecified atom stereocenters. The Kier molecular flexibility index (Phi) is 7.16. The molecule has 0 aromatic heterocycles. The van der Waals surface area contributed by atoms with Gasteiger partial charge < -0.3 is 20.1 Å². The summed E-state index contributed by atoms with van der Waals surface area (Å²) < 4.78 is 38.5. The Balaban J connectivity index is 1.32. The minimum Gasteiger partial charge on any atom is -0.490 e. The molecule has 2 aliphatic rings. The summed E-state index contributed by atoms with van der Waals surface area (Å²) in [6, 6.07) is 11.9. The van der Waals surface area contributed by atoms with E-state index in [-0.39, 0.29) is 17.3 Å². The fraction of sp³-hybridized carbons (Fsp3) is 0.435. The molecule has 1 amide bonds. The fourth-order valence-electron chi connectivity index (χ4n) is 3.80. The van der Waals surface area contributed by atoms with E-state index in [1.54, 1.807) is 46.8 Å². The summed E-state index contributed by atoms with van der Waals surface area (Å²) in [5, 5.41) is 5.86. The van der Waals surface area contributed by atoms with Crippen LogP contribution in [0.25, 0.3) is 0 Å². The molecule has 2 N–H and O–H groups in total. The van der Waals surface area contributed by atoms with Gasteiger partial charge in [0.15, 0.2) is 11.5 Å². The molecule has 0 radical (unpaired) electrons. The van der Waals surface area contributed by atoms with Gasteiger partial charge in [-0.2, -0.15) is 4.31 Å². The quantitative estimate of drug-likeness (QED) is 0.687.